The standard InChI is InChI=1S/C29H24ClN3OS/c1-32(2)20-14-11-18(12-15-20)17-25-28(34)33-27(22-9-5-6-10-24(22)30)23-16-13-19-7-3-4-8-21(19)26(23)31-29(33)35-25/h3-12,14-15,17,27H,13,16H2,1-2H3/b25-17-/t27-/m0/s1. The molecule has 2 aliphatic rings. The smallest absolute Gasteiger partial charge is 0.271 e. The zero-order valence-electron chi connectivity index (χ0n) is 19.5. The Morgan fingerprint density at radius 1 is 1.00 bits per heavy atom. The van der Waals surface area contributed by atoms with Gasteiger partial charge in [0.1, 0.15) is 0 Å². The Morgan fingerprint density at radius 3 is 2.51 bits per heavy atom. The molecule has 0 fully saturated rings. The molecule has 1 atom stereocenters. The molecule has 4 nitrogen and oxygen atoms in total. The third-order valence-electron chi connectivity index (χ3n) is 6.78. The van der Waals surface area contributed by atoms with Gasteiger partial charge >= 0.3 is 0 Å². The quantitative estimate of drug-likeness (QED) is 0.398. The van der Waals surface area contributed by atoms with Crippen LogP contribution in [0, 0.1) is 0 Å². The summed E-state index contributed by atoms with van der Waals surface area (Å²) in [4.78, 5) is 21.7. The van der Waals surface area contributed by atoms with Crippen LogP contribution in [0.25, 0.3) is 11.8 Å². The van der Waals surface area contributed by atoms with E-state index < -0.39 is 0 Å². The van der Waals surface area contributed by atoms with E-state index in [-0.39, 0.29) is 11.6 Å². The first kappa shape index (κ1) is 22.1. The molecule has 0 saturated heterocycles. The molecule has 0 amide bonds. The monoisotopic (exact) mass is 497 g/mol. The lowest BCUT2D eigenvalue weighted by Crippen LogP contribution is -2.38. The van der Waals surface area contributed by atoms with E-state index in [1.807, 2.05) is 61.1 Å². The molecule has 174 valence electrons. The van der Waals surface area contributed by atoms with Gasteiger partial charge in [-0.15, -0.1) is 0 Å². The normalized spacial score (nSPS) is 16.9. The van der Waals surface area contributed by atoms with Crippen molar-refractivity contribution in [1.29, 1.82) is 0 Å². The summed E-state index contributed by atoms with van der Waals surface area (Å²) in [6.07, 6.45) is 3.74. The van der Waals surface area contributed by atoms with Gasteiger partial charge in [0.25, 0.3) is 5.56 Å². The molecule has 6 heteroatoms. The zero-order chi connectivity index (χ0) is 24.1. The summed E-state index contributed by atoms with van der Waals surface area (Å²) in [6.45, 7) is 0. The maximum Gasteiger partial charge on any atom is 0.271 e. The van der Waals surface area contributed by atoms with E-state index in [1.165, 1.54) is 16.9 Å². The largest absolute Gasteiger partial charge is 0.378 e. The third-order valence-corrected chi connectivity index (χ3v) is 8.11. The van der Waals surface area contributed by atoms with Gasteiger partial charge < -0.3 is 4.90 Å². The van der Waals surface area contributed by atoms with Crippen molar-refractivity contribution in [3.8, 4) is 0 Å². The highest BCUT2D eigenvalue weighted by atomic mass is 35.5. The van der Waals surface area contributed by atoms with Gasteiger partial charge in [-0.25, -0.2) is 4.99 Å². The molecule has 1 aliphatic carbocycles. The number of aromatic nitrogens is 1. The summed E-state index contributed by atoms with van der Waals surface area (Å²) >= 11 is 8.15. The number of hydrogen-bond acceptors (Lipinski definition) is 4. The number of aryl methyl sites for hydroxylation is 1. The molecule has 0 bridgehead atoms. The van der Waals surface area contributed by atoms with E-state index in [1.54, 1.807) is 0 Å². The van der Waals surface area contributed by atoms with Crippen LogP contribution in [0.1, 0.15) is 34.7 Å². The molecule has 0 spiro atoms. The third kappa shape index (κ3) is 3.76. The van der Waals surface area contributed by atoms with Crippen molar-refractivity contribution in [3.05, 3.63) is 125 Å². The van der Waals surface area contributed by atoms with E-state index in [4.69, 9.17) is 16.6 Å². The predicted molar refractivity (Wildman–Crippen MR) is 145 cm³/mol. The van der Waals surface area contributed by atoms with Crippen LogP contribution in [0.4, 0.5) is 5.69 Å². The highest BCUT2D eigenvalue weighted by molar-refractivity contribution is 7.07. The van der Waals surface area contributed by atoms with Gasteiger partial charge in [-0.05, 0) is 59.4 Å². The molecular formula is C29H24ClN3OS. The molecule has 1 aromatic heterocycles. The Labute approximate surface area is 212 Å². The van der Waals surface area contributed by atoms with Gasteiger partial charge in [0.2, 0.25) is 0 Å². The van der Waals surface area contributed by atoms with Crippen molar-refractivity contribution in [2.45, 2.75) is 18.9 Å². The number of allylic oxidation sites excluding steroid dienone is 1. The van der Waals surface area contributed by atoms with Gasteiger partial charge in [-0.2, -0.15) is 0 Å². The van der Waals surface area contributed by atoms with Crippen molar-refractivity contribution in [3.63, 3.8) is 0 Å². The van der Waals surface area contributed by atoms with Crippen molar-refractivity contribution >= 4 is 40.4 Å². The number of nitrogens with zero attached hydrogens (tertiary/aromatic N) is 3. The first-order valence-corrected chi connectivity index (χ1v) is 12.9. The summed E-state index contributed by atoms with van der Waals surface area (Å²) in [5.41, 5.74) is 7.62. The Hall–Kier alpha value is -3.41. The van der Waals surface area contributed by atoms with Crippen LogP contribution in [-0.4, -0.2) is 18.7 Å². The lowest BCUT2D eigenvalue weighted by Gasteiger charge is -2.31. The van der Waals surface area contributed by atoms with Crippen LogP contribution in [0.2, 0.25) is 5.02 Å². The molecule has 0 N–H and O–H groups in total. The first-order chi connectivity index (χ1) is 17.0. The summed E-state index contributed by atoms with van der Waals surface area (Å²) in [5.74, 6) is 0. The minimum Gasteiger partial charge on any atom is -0.378 e. The minimum atomic E-state index is -0.262. The van der Waals surface area contributed by atoms with E-state index in [9.17, 15) is 4.79 Å². The van der Waals surface area contributed by atoms with Crippen molar-refractivity contribution < 1.29 is 0 Å². The van der Waals surface area contributed by atoms with Crippen LogP contribution in [0.3, 0.4) is 0 Å². The molecule has 6 rings (SSSR count). The van der Waals surface area contributed by atoms with E-state index in [2.05, 4.69) is 41.3 Å². The minimum absolute atomic E-state index is 0.0271. The van der Waals surface area contributed by atoms with Gasteiger partial charge in [0.05, 0.1) is 16.3 Å². The first-order valence-electron chi connectivity index (χ1n) is 11.7. The molecular weight excluding hydrogens is 474 g/mol. The van der Waals surface area contributed by atoms with Crippen LogP contribution in [-0.2, 0) is 6.42 Å². The van der Waals surface area contributed by atoms with E-state index in [0.29, 0.717) is 14.4 Å². The lowest BCUT2D eigenvalue weighted by atomic mass is 9.83. The van der Waals surface area contributed by atoms with Crippen LogP contribution in [0.5, 0.6) is 0 Å². The molecule has 0 radical (unpaired) electrons. The number of fused-ring (bicyclic) bond motifs is 3. The average molecular weight is 498 g/mol. The number of hydrogen-bond donors (Lipinski definition) is 0. The van der Waals surface area contributed by atoms with Gasteiger partial charge in [0, 0.05) is 30.4 Å². The van der Waals surface area contributed by atoms with Crippen molar-refractivity contribution in [2.75, 3.05) is 19.0 Å². The predicted octanol–water partition coefficient (Wildman–Crippen LogP) is 5.04. The number of halogens is 1. The van der Waals surface area contributed by atoms with Crippen LogP contribution < -0.4 is 19.8 Å². The number of rotatable bonds is 3. The molecule has 4 aromatic rings. The molecule has 2 heterocycles. The Bertz CT molecular complexity index is 1660. The van der Waals surface area contributed by atoms with E-state index in [0.717, 1.165) is 46.5 Å². The second kappa shape index (κ2) is 8.67. The fraction of sp³-hybridized carbons (Fsp3) is 0.172. The number of benzene rings is 3. The fourth-order valence-electron chi connectivity index (χ4n) is 5.02. The highest BCUT2D eigenvalue weighted by Gasteiger charge is 2.33. The SMILES string of the molecule is CN(C)c1ccc(/C=c2\sc3n(c2=O)[C@@H](c2ccccc2Cl)C2=C(N=3)c3ccccc3CC2)cc1. The Kier molecular flexibility index (Phi) is 5.47. The van der Waals surface area contributed by atoms with Crippen LogP contribution >= 0.6 is 22.9 Å². The number of anilines is 1. The molecule has 3 aromatic carbocycles. The summed E-state index contributed by atoms with van der Waals surface area (Å²) in [7, 11) is 4.03. The number of thiazole rings is 1. The maximum atomic E-state index is 13.8. The fourth-order valence-corrected chi connectivity index (χ4v) is 6.26. The van der Waals surface area contributed by atoms with Crippen molar-refractivity contribution in [2.24, 2.45) is 4.99 Å². The molecule has 35 heavy (non-hydrogen) atoms. The molecule has 0 unspecified atom stereocenters. The van der Waals surface area contributed by atoms with Gasteiger partial charge in [-0.1, -0.05) is 77.5 Å². The summed E-state index contributed by atoms with van der Waals surface area (Å²) in [6, 6.07) is 24.2. The second-order valence-corrected chi connectivity index (χ2v) is 10.5. The zero-order valence-corrected chi connectivity index (χ0v) is 21.1. The van der Waals surface area contributed by atoms with E-state index >= 15 is 0 Å². The topological polar surface area (TPSA) is 37.6 Å². The second-order valence-electron chi connectivity index (χ2n) is 9.12. The highest BCUT2D eigenvalue weighted by Crippen LogP contribution is 2.42. The van der Waals surface area contributed by atoms with Gasteiger partial charge in [-0.3, -0.25) is 9.36 Å². The lowest BCUT2D eigenvalue weighted by molar-refractivity contribution is 0.585. The average Bonchev–Trinajstić information content (AvgIpc) is 3.18. The Balaban J connectivity index is 1.59. The van der Waals surface area contributed by atoms with Crippen molar-refractivity contribution in [1.82, 2.24) is 4.57 Å². The molecule has 0 saturated carbocycles. The summed E-state index contributed by atoms with van der Waals surface area (Å²) < 4.78 is 2.52. The molecule has 1 aliphatic heterocycles. The Morgan fingerprint density at radius 2 is 1.74 bits per heavy atom. The summed E-state index contributed by atoms with van der Waals surface area (Å²) in [5, 5.41) is 0.666. The van der Waals surface area contributed by atoms with Crippen LogP contribution in [0.15, 0.2) is 88.2 Å². The maximum absolute atomic E-state index is 13.8. The van der Waals surface area contributed by atoms with Gasteiger partial charge in [0.15, 0.2) is 4.80 Å².